The fourth-order valence-electron chi connectivity index (χ4n) is 2.28. The highest BCUT2D eigenvalue weighted by Crippen LogP contribution is 2.28. The number of hydrogen-bond donors (Lipinski definition) is 2. The molecule has 0 bridgehead atoms. The molecule has 0 saturated carbocycles. The smallest absolute Gasteiger partial charge is 0.353 e. The van der Waals surface area contributed by atoms with Crippen molar-refractivity contribution in [1.29, 1.82) is 0 Å². The van der Waals surface area contributed by atoms with Gasteiger partial charge in [0.15, 0.2) is 0 Å². The Labute approximate surface area is 125 Å². The topological polar surface area (TPSA) is 96.2 Å². The minimum Gasteiger partial charge on any atom is -0.367 e. The van der Waals surface area contributed by atoms with Crippen molar-refractivity contribution >= 4 is 17.3 Å². The first-order chi connectivity index (χ1) is 9.88. The molecule has 0 aliphatic rings. The van der Waals surface area contributed by atoms with Crippen LogP contribution in [-0.4, -0.2) is 52.0 Å². The second-order valence-electron chi connectivity index (χ2n) is 5.28. The Balaban J connectivity index is 2.78. The van der Waals surface area contributed by atoms with Crippen LogP contribution in [0, 0.1) is 10.1 Å². The van der Waals surface area contributed by atoms with E-state index >= 15 is 0 Å². The van der Waals surface area contributed by atoms with E-state index in [1.807, 2.05) is 0 Å². The summed E-state index contributed by atoms with van der Waals surface area (Å²) in [4.78, 5) is 20.8. The molecule has 0 aromatic carbocycles. The van der Waals surface area contributed by atoms with Gasteiger partial charge >= 0.3 is 5.69 Å². The molecule has 0 amide bonds. The number of nitro groups is 1. The summed E-state index contributed by atoms with van der Waals surface area (Å²) >= 11 is 0. The second kappa shape index (κ2) is 7.72. The van der Waals surface area contributed by atoms with Gasteiger partial charge in [-0.3, -0.25) is 15.0 Å². The van der Waals surface area contributed by atoms with Crippen LogP contribution in [0.2, 0.25) is 0 Å². The fourth-order valence-corrected chi connectivity index (χ4v) is 2.28. The Hall–Kier alpha value is -1.96. The quantitative estimate of drug-likeness (QED) is 0.559. The summed E-state index contributed by atoms with van der Waals surface area (Å²) in [6.45, 7) is 9.89. The largest absolute Gasteiger partial charge is 0.367 e. The van der Waals surface area contributed by atoms with Gasteiger partial charge in [-0.25, -0.2) is 9.97 Å². The number of nitrogens with zero attached hydrogens (tertiary/aromatic N) is 4. The summed E-state index contributed by atoms with van der Waals surface area (Å²) in [6.07, 6.45) is 1.31. The van der Waals surface area contributed by atoms with Crippen molar-refractivity contribution in [3.8, 4) is 0 Å². The van der Waals surface area contributed by atoms with E-state index in [0.29, 0.717) is 18.6 Å². The van der Waals surface area contributed by atoms with E-state index in [4.69, 9.17) is 0 Å². The van der Waals surface area contributed by atoms with Crippen molar-refractivity contribution in [2.45, 2.75) is 39.8 Å². The van der Waals surface area contributed by atoms with Crippen molar-refractivity contribution in [1.82, 2.24) is 14.9 Å². The van der Waals surface area contributed by atoms with Crippen LogP contribution in [0.25, 0.3) is 0 Å². The molecule has 8 heteroatoms. The molecule has 21 heavy (non-hydrogen) atoms. The molecular formula is C13H24N6O2. The molecule has 1 aromatic heterocycles. The molecule has 0 aliphatic heterocycles. The van der Waals surface area contributed by atoms with Gasteiger partial charge in [-0.15, -0.1) is 0 Å². The summed E-state index contributed by atoms with van der Waals surface area (Å²) in [7, 11) is 1.60. The van der Waals surface area contributed by atoms with Crippen LogP contribution in [0.1, 0.15) is 27.7 Å². The van der Waals surface area contributed by atoms with Crippen LogP contribution in [0.4, 0.5) is 17.3 Å². The highest BCUT2D eigenvalue weighted by molar-refractivity contribution is 5.68. The van der Waals surface area contributed by atoms with Gasteiger partial charge in [-0.2, -0.15) is 0 Å². The zero-order chi connectivity index (χ0) is 16.0. The van der Waals surface area contributed by atoms with Gasteiger partial charge in [-0.05, 0) is 27.7 Å². The first-order valence-electron chi connectivity index (χ1n) is 7.05. The normalized spacial score (nSPS) is 11.2. The van der Waals surface area contributed by atoms with Gasteiger partial charge in [0.1, 0.15) is 6.33 Å². The van der Waals surface area contributed by atoms with Gasteiger partial charge in [0, 0.05) is 32.2 Å². The van der Waals surface area contributed by atoms with Crippen LogP contribution < -0.4 is 10.6 Å². The molecule has 0 spiro atoms. The molecule has 0 radical (unpaired) electrons. The fraction of sp³-hybridized carbons (Fsp3) is 0.692. The van der Waals surface area contributed by atoms with Crippen LogP contribution in [0.15, 0.2) is 6.33 Å². The lowest BCUT2D eigenvalue weighted by Gasteiger charge is -2.30. The van der Waals surface area contributed by atoms with Gasteiger partial charge in [0.2, 0.25) is 11.6 Å². The standard InChI is InChI=1S/C13H24N6O2/c1-9(2)18(10(3)4)7-6-15-13-11(19(20)21)12(14-5)16-8-17-13/h8-10H,6-7H2,1-5H3,(H2,14,15,16,17). The SMILES string of the molecule is CNc1ncnc(NCCN(C(C)C)C(C)C)c1[N+](=O)[O-]. The highest BCUT2D eigenvalue weighted by Gasteiger charge is 2.22. The summed E-state index contributed by atoms with van der Waals surface area (Å²) < 4.78 is 0. The molecule has 0 atom stereocenters. The average Bonchev–Trinajstić information content (AvgIpc) is 2.41. The maximum Gasteiger partial charge on any atom is 0.353 e. The minimum absolute atomic E-state index is 0.124. The van der Waals surface area contributed by atoms with E-state index in [-0.39, 0.29) is 17.3 Å². The van der Waals surface area contributed by atoms with Crippen LogP contribution >= 0.6 is 0 Å². The van der Waals surface area contributed by atoms with Crippen LogP contribution in [-0.2, 0) is 0 Å². The molecule has 1 aromatic rings. The molecule has 0 saturated heterocycles. The third-order valence-corrected chi connectivity index (χ3v) is 3.23. The number of aromatic nitrogens is 2. The Morgan fingerprint density at radius 2 is 1.81 bits per heavy atom. The summed E-state index contributed by atoms with van der Waals surface area (Å²) in [6, 6.07) is 0.833. The predicted molar refractivity (Wildman–Crippen MR) is 83.7 cm³/mol. The van der Waals surface area contributed by atoms with E-state index < -0.39 is 4.92 Å². The maximum atomic E-state index is 11.2. The number of hydrogen-bond acceptors (Lipinski definition) is 7. The molecule has 1 heterocycles. The van der Waals surface area contributed by atoms with E-state index in [1.165, 1.54) is 6.33 Å². The number of rotatable bonds is 8. The maximum absolute atomic E-state index is 11.2. The molecule has 0 aliphatic carbocycles. The Bertz CT molecular complexity index is 470. The highest BCUT2D eigenvalue weighted by atomic mass is 16.6. The summed E-state index contributed by atoms with van der Waals surface area (Å²) in [5.74, 6) is 0.453. The van der Waals surface area contributed by atoms with Gasteiger partial charge in [0.05, 0.1) is 4.92 Å². The van der Waals surface area contributed by atoms with E-state index in [2.05, 4.69) is 53.2 Å². The van der Waals surface area contributed by atoms with Gasteiger partial charge in [-0.1, -0.05) is 0 Å². The Morgan fingerprint density at radius 3 is 2.29 bits per heavy atom. The van der Waals surface area contributed by atoms with Crippen LogP contribution in [0.3, 0.4) is 0 Å². The van der Waals surface area contributed by atoms with E-state index in [9.17, 15) is 10.1 Å². The number of anilines is 2. The average molecular weight is 296 g/mol. The minimum atomic E-state index is -0.475. The summed E-state index contributed by atoms with van der Waals surface area (Å²) in [5.41, 5.74) is -0.124. The van der Waals surface area contributed by atoms with Crippen molar-refractivity contribution in [3.05, 3.63) is 16.4 Å². The Kier molecular flexibility index (Phi) is 6.29. The molecule has 1 rings (SSSR count). The third-order valence-electron chi connectivity index (χ3n) is 3.23. The lowest BCUT2D eigenvalue weighted by molar-refractivity contribution is -0.383. The van der Waals surface area contributed by atoms with Crippen molar-refractivity contribution in [3.63, 3.8) is 0 Å². The van der Waals surface area contributed by atoms with E-state index in [0.717, 1.165) is 6.54 Å². The first kappa shape index (κ1) is 17.1. The zero-order valence-electron chi connectivity index (χ0n) is 13.3. The zero-order valence-corrected chi connectivity index (χ0v) is 13.3. The number of nitrogens with one attached hydrogen (secondary N) is 2. The monoisotopic (exact) mass is 296 g/mol. The van der Waals surface area contributed by atoms with Gasteiger partial charge in [0.25, 0.3) is 0 Å². The molecule has 8 nitrogen and oxygen atoms in total. The summed E-state index contributed by atoms with van der Waals surface area (Å²) in [5, 5.41) is 16.9. The molecular weight excluding hydrogens is 272 g/mol. The first-order valence-corrected chi connectivity index (χ1v) is 7.05. The second-order valence-corrected chi connectivity index (χ2v) is 5.28. The predicted octanol–water partition coefficient (Wildman–Crippen LogP) is 1.96. The molecule has 2 N–H and O–H groups in total. The van der Waals surface area contributed by atoms with E-state index in [1.54, 1.807) is 7.05 Å². The third kappa shape index (κ3) is 4.52. The molecule has 0 unspecified atom stereocenters. The van der Waals surface area contributed by atoms with Crippen molar-refractivity contribution in [2.75, 3.05) is 30.8 Å². The van der Waals surface area contributed by atoms with Gasteiger partial charge < -0.3 is 10.6 Å². The van der Waals surface area contributed by atoms with Crippen molar-refractivity contribution in [2.24, 2.45) is 0 Å². The lowest BCUT2D eigenvalue weighted by Crippen LogP contribution is -2.40. The Morgan fingerprint density at radius 1 is 1.24 bits per heavy atom. The van der Waals surface area contributed by atoms with Crippen LogP contribution in [0.5, 0.6) is 0 Å². The lowest BCUT2D eigenvalue weighted by atomic mass is 10.2. The van der Waals surface area contributed by atoms with Crippen molar-refractivity contribution < 1.29 is 4.92 Å². The molecule has 0 fully saturated rings. The molecule has 118 valence electrons.